The van der Waals surface area contributed by atoms with Crippen LogP contribution < -0.4 is 5.73 Å². The van der Waals surface area contributed by atoms with Crippen LogP contribution in [0.4, 0.5) is 5.69 Å². The van der Waals surface area contributed by atoms with Crippen LogP contribution in [0.5, 0.6) is 0 Å². The second-order valence-corrected chi connectivity index (χ2v) is 3.92. The topological polar surface area (TPSA) is 38.9 Å². The third-order valence-electron chi connectivity index (χ3n) is 1.66. The number of pyridine rings is 1. The Bertz CT molecular complexity index is 238. The van der Waals surface area contributed by atoms with Gasteiger partial charge in [-0.15, -0.1) is 0 Å². The Balaban J connectivity index is 2.46. The highest BCUT2D eigenvalue weighted by molar-refractivity contribution is 7.99. The van der Waals surface area contributed by atoms with Crippen LogP contribution in [-0.2, 0) is 6.42 Å². The molecule has 1 aromatic heterocycles. The zero-order valence-corrected chi connectivity index (χ0v) is 8.10. The van der Waals surface area contributed by atoms with E-state index in [-0.39, 0.29) is 0 Å². The first-order valence-corrected chi connectivity index (χ1v) is 5.26. The predicted octanol–water partition coefficient (Wildman–Crippen LogP) is 1.96. The lowest BCUT2D eigenvalue weighted by Gasteiger charge is -2.02. The molecule has 0 aliphatic carbocycles. The van der Waals surface area contributed by atoms with Crippen molar-refractivity contribution in [2.24, 2.45) is 0 Å². The highest BCUT2D eigenvalue weighted by Crippen LogP contribution is 2.12. The zero-order valence-electron chi connectivity index (χ0n) is 7.29. The van der Waals surface area contributed by atoms with E-state index < -0.39 is 0 Å². The number of rotatable bonds is 4. The van der Waals surface area contributed by atoms with Gasteiger partial charge in [0.2, 0.25) is 0 Å². The average Bonchev–Trinajstić information content (AvgIpc) is 2.09. The molecule has 0 saturated heterocycles. The zero-order chi connectivity index (χ0) is 8.81. The van der Waals surface area contributed by atoms with Gasteiger partial charge in [-0.1, -0.05) is 6.92 Å². The summed E-state index contributed by atoms with van der Waals surface area (Å²) in [6, 6.07) is 1.85. The van der Waals surface area contributed by atoms with Gasteiger partial charge in [0.05, 0.1) is 0 Å². The number of hydrogen-bond donors (Lipinski definition) is 1. The van der Waals surface area contributed by atoms with Crippen LogP contribution in [0.15, 0.2) is 18.5 Å². The Labute approximate surface area is 77.6 Å². The van der Waals surface area contributed by atoms with Crippen LogP contribution in [0, 0.1) is 0 Å². The molecule has 0 bridgehead atoms. The van der Waals surface area contributed by atoms with Crippen molar-refractivity contribution in [1.29, 1.82) is 0 Å². The monoisotopic (exact) mass is 182 g/mol. The quantitative estimate of drug-likeness (QED) is 0.723. The number of thioether (sulfide) groups is 1. The van der Waals surface area contributed by atoms with Gasteiger partial charge in [0.25, 0.3) is 0 Å². The molecule has 0 radical (unpaired) electrons. The maximum Gasteiger partial charge on any atom is 0.0377 e. The van der Waals surface area contributed by atoms with Gasteiger partial charge >= 0.3 is 0 Å². The van der Waals surface area contributed by atoms with Crippen molar-refractivity contribution in [3.63, 3.8) is 0 Å². The molecule has 0 unspecified atom stereocenters. The molecule has 0 aromatic carbocycles. The van der Waals surface area contributed by atoms with Crippen molar-refractivity contribution in [3.8, 4) is 0 Å². The van der Waals surface area contributed by atoms with Crippen LogP contribution >= 0.6 is 11.8 Å². The van der Waals surface area contributed by atoms with Crippen LogP contribution in [0.1, 0.15) is 12.5 Å². The molecule has 0 saturated carbocycles. The van der Waals surface area contributed by atoms with E-state index in [0.29, 0.717) is 0 Å². The fourth-order valence-corrected chi connectivity index (χ4v) is 1.63. The molecule has 0 amide bonds. The molecule has 0 fully saturated rings. The number of nitrogens with two attached hydrogens (primary N) is 1. The van der Waals surface area contributed by atoms with Crippen LogP contribution in [0.2, 0.25) is 0 Å². The van der Waals surface area contributed by atoms with Gasteiger partial charge in [-0.25, -0.2) is 0 Å². The van der Waals surface area contributed by atoms with E-state index in [4.69, 9.17) is 5.73 Å². The molecule has 3 heteroatoms. The highest BCUT2D eigenvalue weighted by atomic mass is 32.2. The van der Waals surface area contributed by atoms with Crippen LogP contribution in [-0.4, -0.2) is 16.5 Å². The Kier molecular flexibility index (Phi) is 3.94. The van der Waals surface area contributed by atoms with E-state index in [0.717, 1.165) is 17.9 Å². The molecule has 0 aliphatic rings. The molecular formula is C9H14N2S. The SMILES string of the molecule is CCSCCc1cnccc1N. The van der Waals surface area contributed by atoms with Crippen molar-refractivity contribution in [3.05, 3.63) is 24.0 Å². The third-order valence-corrected chi connectivity index (χ3v) is 2.56. The Morgan fingerprint density at radius 1 is 1.58 bits per heavy atom. The van der Waals surface area contributed by atoms with E-state index in [2.05, 4.69) is 11.9 Å². The molecule has 0 spiro atoms. The smallest absolute Gasteiger partial charge is 0.0377 e. The molecule has 1 heterocycles. The summed E-state index contributed by atoms with van der Waals surface area (Å²) in [5.41, 5.74) is 7.78. The van der Waals surface area contributed by atoms with Gasteiger partial charge in [0, 0.05) is 18.1 Å². The van der Waals surface area contributed by atoms with Gasteiger partial charge in [0.15, 0.2) is 0 Å². The van der Waals surface area contributed by atoms with Crippen molar-refractivity contribution < 1.29 is 0 Å². The Morgan fingerprint density at radius 2 is 2.42 bits per heavy atom. The molecule has 0 atom stereocenters. The lowest BCUT2D eigenvalue weighted by molar-refractivity contribution is 1.12. The number of hydrogen-bond acceptors (Lipinski definition) is 3. The summed E-state index contributed by atoms with van der Waals surface area (Å²) in [5, 5.41) is 0. The van der Waals surface area contributed by atoms with Crippen LogP contribution in [0.25, 0.3) is 0 Å². The molecule has 1 rings (SSSR count). The van der Waals surface area contributed by atoms with Crippen LogP contribution in [0.3, 0.4) is 0 Å². The van der Waals surface area contributed by atoms with Crippen molar-refractivity contribution in [2.45, 2.75) is 13.3 Å². The van der Waals surface area contributed by atoms with Gasteiger partial charge in [-0.05, 0) is 29.6 Å². The van der Waals surface area contributed by atoms with Gasteiger partial charge in [-0.3, -0.25) is 4.98 Å². The molecule has 0 aliphatic heterocycles. The fraction of sp³-hybridized carbons (Fsp3) is 0.444. The second-order valence-electron chi connectivity index (χ2n) is 2.52. The van der Waals surface area contributed by atoms with Crippen molar-refractivity contribution >= 4 is 17.4 Å². The van der Waals surface area contributed by atoms with Crippen molar-refractivity contribution in [2.75, 3.05) is 17.2 Å². The van der Waals surface area contributed by atoms with E-state index >= 15 is 0 Å². The largest absolute Gasteiger partial charge is 0.398 e. The van der Waals surface area contributed by atoms with Gasteiger partial charge < -0.3 is 5.73 Å². The number of aromatic nitrogens is 1. The second kappa shape index (κ2) is 5.04. The lowest BCUT2D eigenvalue weighted by Crippen LogP contribution is -1.96. The molecular weight excluding hydrogens is 168 g/mol. The lowest BCUT2D eigenvalue weighted by atomic mass is 10.2. The van der Waals surface area contributed by atoms with E-state index in [1.165, 1.54) is 11.3 Å². The first kappa shape index (κ1) is 9.39. The van der Waals surface area contributed by atoms with E-state index in [9.17, 15) is 0 Å². The minimum atomic E-state index is 0.863. The van der Waals surface area contributed by atoms with E-state index in [1.807, 2.05) is 24.0 Å². The fourth-order valence-electron chi connectivity index (χ4n) is 0.973. The Morgan fingerprint density at radius 3 is 3.08 bits per heavy atom. The summed E-state index contributed by atoms with van der Waals surface area (Å²) in [5.74, 6) is 2.30. The molecule has 66 valence electrons. The Hall–Kier alpha value is -0.700. The summed E-state index contributed by atoms with van der Waals surface area (Å²) in [7, 11) is 0. The minimum Gasteiger partial charge on any atom is -0.398 e. The molecule has 1 aromatic rings. The highest BCUT2D eigenvalue weighted by Gasteiger charge is 1.96. The number of nitrogen functional groups attached to an aromatic ring is 1. The maximum atomic E-state index is 5.75. The third kappa shape index (κ3) is 2.74. The van der Waals surface area contributed by atoms with Crippen molar-refractivity contribution in [1.82, 2.24) is 4.98 Å². The summed E-state index contributed by atoms with van der Waals surface area (Å²) >= 11 is 1.93. The normalized spacial score (nSPS) is 10.1. The maximum absolute atomic E-state index is 5.75. The summed E-state index contributed by atoms with van der Waals surface area (Å²) in [4.78, 5) is 4.03. The molecule has 2 N–H and O–H groups in total. The number of aryl methyl sites for hydroxylation is 1. The minimum absolute atomic E-state index is 0.863. The molecule has 2 nitrogen and oxygen atoms in total. The van der Waals surface area contributed by atoms with Gasteiger partial charge in [0.1, 0.15) is 0 Å². The summed E-state index contributed by atoms with van der Waals surface area (Å²) in [6.07, 6.45) is 4.61. The predicted molar refractivity (Wildman–Crippen MR) is 55.4 cm³/mol. The standard InChI is InChI=1S/C9H14N2S/c1-2-12-6-4-8-7-11-5-3-9(8)10/h3,5,7H,2,4,6H2,1H3,(H2,10,11). The average molecular weight is 182 g/mol. The first-order valence-electron chi connectivity index (χ1n) is 4.10. The number of nitrogens with zero attached hydrogens (tertiary/aromatic N) is 1. The van der Waals surface area contributed by atoms with E-state index in [1.54, 1.807) is 6.20 Å². The first-order chi connectivity index (χ1) is 5.84. The number of anilines is 1. The summed E-state index contributed by atoms with van der Waals surface area (Å²) in [6.45, 7) is 2.16. The van der Waals surface area contributed by atoms with Gasteiger partial charge in [-0.2, -0.15) is 11.8 Å². The molecule has 12 heavy (non-hydrogen) atoms. The summed E-state index contributed by atoms with van der Waals surface area (Å²) < 4.78 is 0.